The molecule has 0 aromatic carbocycles. The van der Waals surface area contributed by atoms with Crippen LogP contribution in [-0.2, 0) is 11.3 Å². The third-order valence-electron chi connectivity index (χ3n) is 5.42. The topological polar surface area (TPSA) is 57.7 Å². The van der Waals surface area contributed by atoms with E-state index in [1.807, 2.05) is 16.5 Å². The van der Waals surface area contributed by atoms with Gasteiger partial charge in [-0.3, -0.25) is 4.90 Å². The molecule has 4 rings (SSSR count). The first-order valence-electron chi connectivity index (χ1n) is 8.46. The molecule has 0 radical (unpaired) electrons. The van der Waals surface area contributed by atoms with Crippen molar-refractivity contribution in [2.75, 3.05) is 45.9 Å². The standard InChI is InChI=1S/C16H24N4O2S/c21-15(20-4-1-2-5-20)18-10-16-11-19(7-13(16)9-22-12-16)8-14-17-3-6-23-14/h3,6,13H,1-2,4-5,7-12H2,(H,18,21)/t13-,16+/m1/s1. The number of urea groups is 1. The van der Waals surface area contributed by atoms with Gasteiger partial charge in [0, 0.05) is 55.6 Å². The maximum Gasteiger partial charge on any atom is 0.317 e. The van der Waals surface area contributed by atoms with Crippen molar-refractivity contribution < 1.29 is 9.53 Å². The Labute approximate surface area is 140 Å². The summed E-state index contributed by atoms with van der Waals surface area (Å²) in [7, 11) is 0. The fourth-order valence-corrected chi connectivity index (χ4v) is 4.78. The number of rotatable bonds is 4. The van der Waals surface area contributed by atoms with Gasteiger partial charge in [-0.05, 0) is 12.8 Å². The van der Waals surface area contributed by atoms with E-state index in [2.05, 4.69) is 15.2 Å². The Morgan fingerprint density at radius 1 is 1.48 bits per heavy atom. The summed E-state index contributed by atoms with van der Waals surface area (Å²) >= 11 is 1.71. The Morgan fingerprint density at radius 2 is 2.35 bits per heavy atom. The molecule has 3 fully saturated rings. The number of nitrogens with zero attached hydrogens (tertiary/aromatic N) is 3. The largest absolute Gasteiger partial charge is 0.380 e. The summed E-state index contributed by atoms with van der Waals surface area (Å²) in [5, 5.41) is 6.37. The van der Waals surface area contributed by atoms with Crippen molar-refractivity contribution >= 4 is 17.4 Å². The first-order chi connectivity index (χ1) is 11.3. The molecule has 6 nitrogen and oxygen atoms in total. The molecule has 0 bridgehead atoms. The van der Waals surface area contributed by atoms with Crippen molar-refractivity contribution in [1.82, 2.24) is 20.1 Å². The highest BCUT2D eigenvalue weighted by Crippen LogP contribution is 2.41. The number of hydrogen-bond acceptors (Lipinski definition) is 5. The van der Waals surface area contributed by atoms with Gasteiger partial charge in [-0.25, -0.2) is 9.78 Å². The van der Waals surface area contributed by atoms with Crippen molar-refractivity contribution in [2.24, 2.45) is 11.3 Å². The molecule has 0 unspecified atom stereocenters. The number of ether oxygens (including phenoxy) is 1. The number of amides is 2. The third kappa shape index (κ3) is 3.09. The van der Waals surface area contributed by atoms with Crippen LogP contribution in [-0.4, -0.2) is 66.8 Å². The quantitative estimate of drug-likeness (QED) is 0.903. The predicted octanol–water partition coefficient (Wildman–Crippen LogP) is 1.40. The summed E-state index contributed by atoms with van der Waals surface area (Å²) in [6.07, 6.45) is 4.13. The summed E-state index contributed by atoms with van der Waals surface area (Å²) in [6, 6.07) is 0.0981. The van der Waals surface area contributed by atoms with E-state index in [4.69, 9.17) is 4.74 Å². The van der Waals surface area contributed by atoms with Crippen LogP contribution >= 0.6 is 11.3 Å². The summed E-state index contributed by atoms with van der Waals surface area (Å²) in [4.78, 5) is 21.1. The van der Waals surface area contributed by atoms with E-state index in [0.29, 0.717) is 5.92 Å². The van der Waals surface area contributed by atoms with Crippen LogP contribution in [0.4, 0.5) is 4.79 Å². The van der Waals surface area contributed by atoms with E-state index in [1.165, 1.54) is 5.01 Å². The third-order valence-corrected chi connectivity index (χ3v) is 6.18. The molecule has 1 aromatic rings. The van der Waals surface area contributed by atoms with Gasteiger partial charge in [0.1, 0.15) is 5.01 Å². The van der Waals surface area contributed by atoms with Crippen LogP contribution in [0.2, 0.25) is 0 Å². The average Bonchev–Trinajstić information content (AvgIpc) is 3.29. The summed E-state index contributed by atoms with van der Waals surface area (Å²) in [6.45, 7) is 7.03. The normalized spacial score (nSPS) is 30.8. The van der Waals surface area contributed by atoms with Crippen LogP contribution in [0, 0.1) is 11.3 Å². The van der Waals surface area contributed by atoms with Crippen molar-refractivity contribution in [3.63, 3.8) is 0 Å². The molecular formula is C16H24N4O2S. The highest BCUT2D eigenvalue weighted by atomic mass is 32.1. The van der Waals surface area contributed by atoms with Gasteiger partial charge in [0.05, 0.1) is 19.8 Å². The van der Waals surface area contributed by atoms with Gasteiger partial charge in [-0.2, -0.15) is 0 Å². The lowest BCUT2D eigenvalue weighted by atomic mass is 9.81. The molecule has 7 heteroatoms. The van der Waals surface area contributed by atoms with Gasteiger partial charge >= 0.3 is 6.03 Å². The van der Waals surface area contributed by atoms with E-state index in [9.17, 15) is 4.79 Å². The molecule has 3 aliphatic rings. The smallest absolute Gasteiger partial charge is 0.317 e. The molecule has 2 amide bonds. The van der Waals surface area contributed by atoms with Crippen LogP contribution in [0.1, 0.15) is 17.8 Å². The molecule has 126 valence electrons. The van der Waals surface area contributed by atoms with E-state index >= 15 is 0 Å². The number of thiazole rings is 1. The zero-order chi connectivity index (χ0) is 15.7. The monoisotopic (exact) mass is 336 g/mol. The lowest BCUT2D eigenvalue weighted by molar-refractivity contribution is 0.125. The molecule has 3 saturated heterocycles. The lowest BCUT2D eigenvalue weighted by Crippen LogP contribution is -2.47. The fourth-order valence-electron chi connectivity index (χ4n) is 4.12. The molecule has 0 saturated carbocycles. The van der Waals surface area contributed by atoms with Crippen LogP contribution in [0.15, 0.2) is 11.6 Å². The van der Waals surface area contributed by atoms with Crippen LogP contribution in [0.5, 0.6) is 0 Å². The van der Waals surface area contributed by atoms with Gasteiger partial charge in [0.25, 0.3) is 0 Å². The summed E-state index contributed by atoms with van der Waals surface area (Å²) < 4.78 is 5.75. The minimum absolute atomic E-state index is 0.0760. The van der Waals surface area contributed by atoms with E-state index in [-0.39, 0.29) is 11.4 Å². The lowest BCUT2D eigenvalue weighted by Gasteiger charge is -2.28. The van der Waals surface area contributed by atoms with Crippen molar-refractivity contribution in [1.29, 1.82) is 0 Å². The minimum atomic E-state index is 0.0760. The number of hydrogen-bond donors (Lipinski definition) is 1. The van der Waals surface area contributed by atoms with Crippen molar-refractivity contribution in [3.05, 3.63) is 16.6 Å². The van der Waals surface area contributed by atoms with Crippen LogP contribution in [0.3, 0.4) is 0 Å². The molecule has 3 aliphatic heterocycles. The number of nitrogens with one attached hydrogen (secondary N) is 1. The SMILES string of the molecule is O=C(NC[C@]12COC[C@H]1CN(Cc1nccs1)C2)N1CCCC1. The van der Waals surface area contributed by atoms with Crippen LogP contribution < -0.4 is 5.32 Å². The molecule has 23 heavy (non-hydrogen) atoms. The number of carbonyl (C=O) groups excluding carboxylic acids is 1. The second kappa shape index (κ2) is 6.37. The highest BCUT2D eigenvalue weighted by molar-refractivity contribution is 7.09. The van der Waals surface area contributed by atoms with Crippen molar-refractivity contribution in [2.45, 2.75) is 19.4 Å². The van der Waals surface area contributed by atoms with Crippen LogP contribution in [0.25, 0.3) is 0 Å². The molecule has 1 aromatic heterocycles. The zero-order valence-electron chi connectivity index (χ0n) is 13.4. The fraction of sp³-hybridized carbons (Fsp3) is 0.750. The Morgan fingerprint density at radius 3 is 3.13 bits per heavy atom. The summed E-state index contributed by atoms with van der Waals surface area (Å²) in [5.74, 6) is 0.515. The maximum atomic E-state index is 12.3. The molecule has 2 atom stereocenters. The first-order valence-corrected chi connectivity index (χ1v) is 9.34. The summed E-state index contributed by atoms with van der Waals surface area (Å²) in [5.41, 5.74) is 0.0760. The molecule has 1 N–H and O–H groups in total. The number of carbonyl (C=O) groups is 1. The second-order valence-electron chi connectivity index (χ2n) is 7.02. The first kappa shape index (κ1) is 15.4. The number of aromatic nitrogens is 1. The molecule has 4 heterocycles. The second-order valence-corrected chi connectivity index (χ2v) is 8.00. The molecule has 0 aliphatic carbocycles. The zero-order valence-corrected chi connectivity index (χ0v) is 14.2. The predicted molar refractivity (Wildman–Crippen MR) is 88.3 cm³/mol. The Bertz CT molecular complexity index is 546. The van der Waals surface area contributed by atoms with E-state index in [0.717, 1.165) is 65.3 Å². The molecule has 0 spiro atoms. The maximum absolute atomic E-state index is 12.3. The Kier molecular flexibility index (Phi) is 4.26. The Balaban J connectivity index is 1.36. The van der Waals surface area contributed by atoms with Gasteiger partial charge in [0.2, 0.25) is 0 Å². The van der Waals surface area contributed by atoms with Gasteiger partial charge in [-0.1, -0.05) is 0 Å². The highest BCUT2D eigenvalue weighted by Gasteiger charge is 2.50. The Hall–Kier alpha value is -1.18. The van der Waals surface area contributed by atoms with Gasteiger partial charge < -0.3 is 15.0 Å². The van der Waals surface area contributed by atoms with E-state index in [1.54, 1.807) is 11.3 Å². The minimum Gasteiger partial charge on any atom is -0.380 e. The van der Waals surface area contributed by atoms with Gasteiger partial charge in [0.15, 0.2) is 0 Å². The van der Waals surface area contributed by atoms with E-state index < -0.39 is 0 Å². The number of likely N-dealkylation sites (tertiary alicyclic amines) is 2. The number of fused-ring (bicyclic) bond motifs is 1. The van der Waals surface area contributed by atoms with Crippen molar-refractivity contribution in [3.8, 4) is 0 Å². The van der Waals surface area contributed by atoms with Gasteiger partial charge in [-0.15, -0.1) is 11.3 Å². The average molecular weight is 336 g/mol. The molecular weight excluding hydrogens is 312 g/mol.